The topological polar surface area (TPSA) is 56.1 Å². The number of hydrogen-bond donors (Lipinski definition) is 1. The standard InChI is InChI=1S/C12H20BrN3O2/c1-4-18-7-5-6-14-12(17)10(3)16-9(2)11(13)8-15-16/h8,10H,4-7H2,1-3H3,(H,14,17). The molecule has 0 radical (unpaired) electrons. The fraction of sp³-hybridized carbons (Fsp3) is 0.667. The first-order chi connectivity index (χ1) is 8.57. The largest absolute Gasteiger partial charge is 0.382 e. The van der Waals surface area contributed by atoms with Crippen molar-refractivity contribution in [1.29, 1.82) is 0 Å². The Morgan fingerprint density at radius 2 is 2.39 bits per heavy atom. The Kier molecular flexibility index (Phi) is 6.35. The fourth-order valence-corrected chi connectivity index (χ4v) is 1.85. The van der Waals surface area contributed by atoms with Gasteiger partial charge in [-0.3, -0.25) is 9.48 Å². The van der Waals surface area contributed by atoms with E-state index >= 15 is 0 Å². The van der Waals surface area contributed by atoms with Crippen LogP contribution in [-0.4, -0.2) is 35.4 Å². The first-order valence-electron chi connectivity index (χ1n) is 6.13. The number of nitrogens with one attached hydrogen (secondary N) is 1. The molecule has 0 fully saturated rings. The molecule has 0 aliphatic heterocycles. The van der Waals surface area contributed by atoms with Crippen molar-refractivity contribution in [1.82, 2.24) is 15.1 Å². The van der Waals surface area contributed by atoms with Crippen LogP contribution in [0.5, 0.6) is 0 Å². The summed E-state index contributed by atoms with van der Waals surface area (Å²) < 4.78 is 7.83. The third kappa shape index (κ3) is 4.10. The molecular weight excluding hydrogens is 298 g/mol. The van der Waals surface area contributed by atoms with Gasteiger partial charge in [0.1, 0.15) is 6.04 Å². The van der Waals surface area contributed by atoms with Crippen molar-refractivity contribution in [2.24, 2.45) is 0 Å². The SMILES string of the molecule is CCOCCCNC(=O)C(C)n1ncc(Br)c1C. The molecule has 0 aromatic carbocycles. The van der Waals surface area contributed by atoms with E-state index in [9.17, 15) is 4.79 Å². The Bertz CT molecular complexity index is 393. The van der Waals surface area contributed by atoms with Gasteiger partial charge in [-0.2, -0.15) is 5.10 Å². The van der Waals surface area contributed by atoms with Gasteiger partial charge in [-0.1, -0.05) is 0 Å². The lowest BCUT2D eigenvalue weighted by Gasteiger charge is -2.14. The van der Waals surface area contributed by atoms with Gasteiger partial charge in [0.25, 0.3) is 0 Å². The van der Waals surface area contributed by atoms with Crippen molar-refractivity contribution < 1.29 is 9.53 Å². The third-order valence-corrected chi connectivity index (χ3v) is 3.48. The summed E-state index contributed by atoms with van der Waals surface area (Å²) in [4.78, 5) is 11.9. The molecule has 5 nitrogen and oxygen atoms in total. The van der Waals surface area contributed by atoms with Gasteiger partial charge in [-0.05, 0) is 43.1 Å². The molecule has 0 spiro atoms. The number of ether oxygens (including phenoxy) is 1. The number of nitrogens with zero attached hydrogens (tertiary/aromatic N) is 2. The molecule has 1 N–H and O–H groups in total. The normalized spacial score (nSPS) is 12.4. The van der Waals surface area contributed by atoms with Gasteiger partial charge < -0.3 is 10.1 Å². The summed E-state index contributed by atoms with van der Waals surface area (Å²) in [5.41, 5.74) is 0.951. The number of carbonyl (C=O) groups is 1. The van der Waals surface area contributed by atoms with E-state index in [0.717, 1.165) is 16.6 Å². The van der Waals surface area contributed by atoms with E-state index in [1.54, 1.807) is 10.9 Å². The molecule has 0 saturated heterocycles. The second-order valence-electron chi connectivity index (χ2n) is 4.04. The molecule has 1 amide bonds. The Morgan fingerprint density at radius 3 is 2.94 bits per heavy atom. The van der Waals surface area contributed by atoms with Crippen LogP contribution in [0, 0.1) is 6.92 Å². The smallest absolute Gasteiger partial charge is 0.244 e. The summed E-state index contributed by atoms with van der Waals surface area (Å²) >= 11 is 3.38. The molecule has 1 aromatic rings. The Labute approximate surface area is 116 Å². The van der Waals surface area contributed by atoms with E-state index in [1.165, 1.54) is 0 Å². The van der Waals surface area contributed by atoms with Crippen molar-refractivity contribution in [3.8, 4) is 0 Å². The zero-order chi connectivity index (χ0) is 13.5. The van der Waals surface area contributed by atoms with Gasteiger partial charge in [0, 0.05) is 19.8 Å². The zero-order valence-electron chi connectivity index (χ0n) is 11.1. The molecular formula is C12H20BrN3O2. The average molecular weight is 318 g/mol. The maximum atomic E-state index is 11.9. The first-order valence-corrected chi connectivity index (χ1v) is 6.92. The highest BCUT2D eigenvalue weighted by molar-refractivity contribution is 9.10. The Hall–Kier alpha value is -0.880. The van der Waals surface area contributed by atoms with Crippen LogP contribution < -0.4 is 5.32 Å². The molecule has 0 aliphatic rings. The van der Waals surface area contributed by atoms with E-state index in [4.69, 9.17) is 4.74 Å². The summed E-state index contributed by atoms with van der Waals surface area (Å²) in [7, 11) is 0. The number of carbonyl (C=O) groups excluding carboxylic acids is 1. The van der Waals surface area contributed by atoms with Crippen LogP contribution in [-0.2, 0) is 9.53 Å². The molecule has 102 valence electrons. The lowest BCUT2D eigenvalue weighted by atomic mass is 10.3. The second kappa shape index (κ2) is 7.53. The number of halogens is 1. The molecule has 0 aliphatic carbocycles. The maximum Gasteiger partial charge on any atom is 0.244 e. The van der Waals surface area contributed by atoms with Crippen LogP contribution in [0.15, 0.2) is 10.7 Å². The first kappa shape index (κ1) is 15.2. The van der Waals surface area contributed by atoms with Gasteiger partial charge in [-0.15, -0.1) is 0 Å². The predicted octanol–water partition coefficient (Wildman–Crippen LogP) is 2.06. The molecule has 0 saturated carbocycles. The molecule has 1 atom stereocenters. The Morgan fingerprint density at radius 1 is 1.67 bits per heavy atom. The van der Waals surface area contributed by atoms with Crippen molar-refractivity contribution in [3.05, 3.63) is 16.4 Å². The minimum atomic E-state index is -0.302. The van der Waals surface area contributed by atoms with Gasteiger partial charge in [0.15, 0.2) is 0 Å². The summed E-state index contributed by atoms with van der Waals surface area (Å²) in [5.74, 6) is -0.0230. The second-order valence-corrected chi connectivity index (χ2v) is 4.89. The van der Waals surface area contributed by atoms with Crippen LogP contribution in [0.2, 0.25) is 0 Å². The van der Waals surface area contributed by atoms with Crippen LogP contribution in [0.3, 0.4) is 0 Å². The fourth-order valence-electron chi connectivity index (χ4n) is 1.58. The lowest BCUT2D eigenvalue weighted by molar-refractivity contribution is -0.124. The highest BCUT2D eigenvalue weighted by Crippen LogP contribution is 2.18. The maximum absolute atomic E-state index is 11.9. The van der Waals surface area contributed by atoms with E-state index in [0.29, 0.717) is 19.8 Å². The van der Waals surface area contributed by atoms with Crippen molar-refractivity contribution in [2.75, 3.05) is 19.8 Å². The van der Waals surface area contributed by atoms with Crippen molar-refractivity contribution >= 4 is 21.8 Å². The van der Waals surface area contributed by atoms with Crippen LogP contribution in [0.4, 0.5) is 0 Å². The molecule has 1 aromatic heterocycles. The zero-order valence-corrected chi connectivity index (χ0v) is 12.7. The van der Waals surface area contributed by atoms with E-state index < -0.39 is 0 Å². The summed E-state index contributed by atoms with van der Waals surface area (Å²) in [6.45, 7) is 7.74. The molecule has 18 heavy (non-hydrogen) atoms. The summed E-state index contributed by atoms with van der Waals surface area (Å²) in [6.07, 6.45) is 2.53. The van der Waals surface area contributed by atoms with Crippen molar-refractivity contribution in [2.45, 2.75) is 33.2 Å². The molecule has 1 heterocycles. The van der Waals surface area contributed by atoms with Gasteiger partial charge in [0.2, 0.25) is 5.91 Å². The predicted molar refractivity (Wildman–Crippen MR) is 73.5 cm³/mol. The molecule has 1 rings (SSSR count). The number of rotatable bonds is 7. The Balaban J connectivity index is 2.40. The van der Waals surface area contributed by atoms with Crippen LogP contribution >= 0.6 is 15.9 Å². The number of amides is 1. The minimum absolute atomic E-state index is 0.0230. The van der Waals surface area contributed by atoms with Crippen LogP contribution in [0.1, 0.15) is 32.0 Å². The lowest BCUT2D eigenvalue weighted by Crippen LogP contribution is -2.33. The van der Waals surface area contributed by atoms with Gasteiger partial charge in [-0.25, -0.2) is 0 Å². The highest BCUT2D eigenvalue weighted by atomic mass is 79.9. The van der Waals surface area contributed by atoms with E-state index in [2.05, 4.69) is 26.3 Å². The molecule has 0 bridgehead atoms. The van der Waals surface area contributed by atoms with Gasteiger partial charge >= 0.3 is 0 Å². The number of aromatic nitrogens is 2. The quantitative estimate of drug-likeness (QED) is 0.783. The molecule has 1 unspecified atom stereocenters. The van der Waals surface area contributed by atoms with E-state index in [1.807, 2.05) is 20.8 Å². The van der Waals surface area contributed by atoms with E-state index in [-0.39, 0.29) is 11.9 Å². The van der Waals surface area contributed by atoms with Crippen molar-refractivity contribution in [3.63, 3.8) is 0 Å². The monoisotopic (exact) mass is 317 g/mol. The minimum Gasteiger partial charge on any atom is -0.382 e. The highest BCUT2D eigenvalue weighted by Gasteiger charge is 2.17. The number of hydrogen-bond acceptors (Lipinski definition) is 3. The average Bonchev–Trinajstić information content (AvgIpc) is 2.69. The summed E-state index contributed by atoms with van der Waals surface area (Å²) in [6, 6.07) is -0.302. The van der Waals surface area contributed by atoms with Crippen LogP contribution in [0.25, 0.3) is 0 Å². The third-order valence-electron chi connectivity index (χ3n) is 2.70. The van der Waals surface area contributed by atoms with Gasteiger partial charge in [0.05, 0.1) is 16.4 Å². The molecule has 6 heteroatoms. The summed E-state index contributed by atoms with van der Waals surface area (Å²) in [5, 5.41) is 7.06.